The van der Waals surface area contributed by atoms with E-state index in [-0.39, 0.29) is 23.4 Å². The van der Waals surface area contributed by atoms with Crippen molar-refractivity contribution in [2.75, 3.05) is 5.32 Å². The standard InChI is InChI=1S/C16H12N4O5/c1-19-7-17-13-12(19)10(6-11(21)18-13)16(24)25-20-14(22)8-4-2-3-5-9(8)15(20)23/h2-5,7,10H,6H2,1H3,(H,18,21). The van der Waals surface area contributed by atoms with E-state index in [1.54, 1.807) is 23.7 Å². The summed E-state index contributed by atoms with van der Waals surface area (Å²) in [5.41, 5.74) is 0.798. The number of hydroxylamine groups is 2. The first-order valence-electron chi connectivity index (χ1n) is 7.48. The SMILES string of the molecule is Cn1cnc2c1C(C(=O)ON1C(=O)c3ccccc3C1=O)CC(=O)N2. The van der Waals surface area contributed by atoms with Crippen molar-refractivity contribution >= 4 is 29.5 Å². The molecule has 1 atom stereocenters. The minimum atomic E-state index is -0.958. The first-order valence-corrected chi connectivity index (χ1v) is 7.48. The summed E-state index contributed by atoms with van der Waals surface area (Å²) in [6.45, 7) is 0. The van der Waals surface area contributed by atoms with E-state index in [4.69, 9.17) is 4.84 Å². The zero-order chi connectivity index (χ0) is 17.7. The Labute approximate surface area is 141 Å². The minimum Gasteiger partial charge on any atom is -0.335 e. The lowest BCUT2D eigenvalue weighted by molar-refractivity contribution is -0.171. The molecule has 126 valence electrons. The molecule has 2 aliphatic rings. The maximum Gasteiger partial charge on any atom is 0.342 e. The van der Waals surface area contributed by atoms with Gasteiger partial charge in [0.1, 0.15) is 5.92 Å². The summed E-state index contributed by atoms with van der Waals surface area (Å²) in [6.07, 6.45) is 1.30. The van der Waals surface area contributed by atoms with E-state index >= 15 is 0 Å². The molecule has 9 nitrogen and oxygen atoms in total. The van der Waals surface area contributed by atoms with Crippen molar-refractivity contribution in [3.05, 3.63) is 47.4 Å². The summed E-state index contributed by atoms with van der Waals surface area (Å²) >= 11 is 0. The normalized spacial score (nSPS) is 18.7. The maximum atomic E-state index is 12.6. The number of fused-ring (bicyclic) bond motifs is 2. The zero-order valence-corrected chi connectivity index (χ0v) is 13.1. The third kappa shape index (κ3) is 2.20. The lowest BCUT2D eigenvalue weighted by Crippen LogP contribution is -2.37. The summed E-state index contributed by atoms with van der Waals surface area (Å²) < 4.78 is 1.59. The predicted molar refractivity (Wildman–Crippen MR) is 82.2 cm³/mol. The molecule has 2 aromatic rings. The van der Waals surface area contributed by atoms with Gasteiger partial charge in [-0.1, -0.05) is 17.2 Å². The summed E-state index contributed by atoms with van der Waals surface area (Å²) in [4.78, 5) is 58.0. The fraction of sp³-hybridized carbons (Fsp3) is 0.188. The highest BCUT2D eigenvalue weighted by Crippen LogP contribution is 2.33. The van der Waals surface area contributed by atoms with Crippen LogP contribution in [0.2, 0.25) is 0 Å². The smallest absolute Gasteiger partial charge is 0.335 e. The maximum absolute atomic E-state index is 12.6. The van der Waals surface area contributed by atoms with Crippen molar-refractivity contribution in [2.24, 2.45) is 7.05 Å². The summed E-state index contributed by atoms with van der Waals surface area (Å²) in [7, 11) is 1.67. The number of aryl methyl sites for hydroxylation is 1. The molecule has 1 unspecified atom stereocenters. The molecule has 0 bridgehead atoms. The number of nitrogens with one attached hydrogen (secondary N) is 1. The Morgan fingerprint density at radius 1 is 1.20 bits per heavy atom. The number of anilines is 1. The molecule has 0 spiro atoms. The van der Waals surface area contributed by atoms with Gasteiger partial charge in [0.05, 0.1) is 23.1 Å². The van der Waals surface area contributed by atoms with Crippen molar-refractivity contribution in [1.29, 1.82) is 0 Å². The van der Waals surface area contributed by atoms with Gasteiger partial charge in [0.2, 0.25) is 5.91 Å². The molecule has 1 aromatic heterocycles. The fourth-order valence-electron chi connectivity index (χ4n) is 3.01. The second kappa shape index (κ2) is 5.26. The second-order valence-corrected chi connectivity index (χ2v) is 5.75. The van der Waals surface area contributed by atoms with Crippen molar-refractivity contribution < 1.29 is 24.0 Å². The number of benzene rings is 1. The van der Waals surface area contributed by atoms with Crippen LogP contribution in [0.4, 0.5) is 5.82 Å². The van der Waals surface area contributed by atoms with Crippen LogP contribution < -0.4 is 5.32 Å². The van der Waals surface area contributed by atoms with Gasteiger partial charge in [0, 0.05) is 13.5 Å². The summed E-state index contributed by atoms with van der Waals surface area (Å²) in [5.74, 6) is -3.37. The van der Waals surface area contributed by atoms with E-state index in [0.29, 0.717) is 10.8 Å². The molecule has 0 saturated heterocycles. The van der Waals surface area contributed by atoms with Crippen molar-refractivity contribution in [2.45, 2.75) is 12.3 Å². The van der Waals surface area contributed by atoms with E-state index < -0.39 is 29.6 Å². The van der Waals surface area contributed by atoms with Crippen LogP contribution in [0.3, 0.4) is 0 Å². The van der Waals surface area contributed by atoms with E-state index in [1.807, 2.05) is 0 Å². The molecule has 25 heavy (non-hydrogen) atoms. The van der Waals surface area contributed by atoms with Crippen LogP contribution in [0, 0.1) is 0 Å². The first kappa shape index (κ1) is 15.1. The van der Waals surface area contributed by atoms with Crippen molar-refractivity contribution in [1.82, 2.24) is 14.6 Å². The third-order valence-corrected chi connectivity index (χ3v) is 4.18. The lowest BCUT2D eigenvalue weighted by atomic mass is 9.98. The van der Waals surface area contributed by atoms with Gasteiger partial charge in [0.25, 0.3) is 11.8 Å². The molecule has 3 heterocycles. The number of carbonyl (C=O) groups is 4. The average Bonchev–Trinajstić information content (AvgIpc) is 3.08. The van der Waals surface area contributed by atoms with E-state index in [0.717, 1.165) is 0 Å². The van der Waals surface area contributed by atoms with Crippen LogP contribution in [0.1, 0.15) is 38.7 Å². The highest BCUT2D eigenvalue weighted by molar-refractivity contribution is 6.21. The van der Waals surface area contributed by atoms with Gasteiger partial charge in [-0.3, -0.25) is 14.4 Å². The summed E-state index contributed by atoms with van der Waals surface area (Å²) in [5, 5.41) is 3.00. The number of aromatic nitrogens is 2. The van der Waals surface area contributed by atoms with Gasteiger partial charge in [-0.25, -0.2) is 9.78 Å². The van der Waals surface area contributed by atoms with Gasteiger partial charge in [-0.2, -0.15) is 0 Å². The number of amides is 3. The Bertz CT molecular complexity index is 913. The molecule has 3 amide bonds. The van der Waals surface area contributed by atoms with Crippen LogP contribution in [-0.4, -0.2) is 38.3 Å². The predicted octanol–water partition coefficient (Wildman–Crippen LogP) is 0.600. The van der Waals surface area contributed by atoms with Crippen LogP contribution in [-0.2, 0) is 21.5 Å². The van der Waals surface area contributed by atoms with Crippen LogP contribution in [0.15, 0.2) is 30.6 Å². The van der Waals surface area contributed by atoms with Gasteiger partial charge in [-0.15, -0.1) is 0 Å². The van der Waals surface area contributed by atoms with E-state index in [9.17, 15) is 19.2 Å². The number of imide groups is 1. The number of hydrogen-bond acceptors (Lipinski definition) is 6. The van der Waals surface area contributed by atoms with Crippen molar-refractivity contribution in [3.8, 4) is 0 Å². The first-order chi connectivity index (χ1) is 12.0. The van der Waals surface area contributed by atoms with Crippen LogP contribution in [0.25, 0.3) is 0 Å². The zero-order valence-electron chi connectivity index (χ0n) is 13.1. The van der Waals surface area contributed by atoms with Crippen LogP contribution in [0.5, 0.6) is 0 Å². The monoisotopic (exact) mass is 340 g/mol. The molecule has 0 saturated carbocycles. The lowest BCUT2D eigenvalue weighted by Gasteiger charge is -2.23. The number of carbonyl (C=O) groups excluding carboxylic acids is 4. The minimum absolute atomic E-state index is 0.158. The molecule has 4 rings (SSSR count). The number of rotatable bonds is 2. The Balaban J connectivity index is 1.62. The second-order valence-electron chi connectivity index (χ2n) is 5.75. The number of imidazole rings is 1. The van der Waals surface area contributed by atoms with Gasteiger partial charge >= 0.3 is 5.97 Å². The molecule has 2 aliphatic heterocycles. The fourth-order valence-corrected chi connectivity index (χ4v) is 3.01. The number of hydrogen-bond donors (Lipinski definition) is 1. The average molecular weight is 340 g/mol. The molecule has 0 aliphatic carbocycles. The van der Waals surface area contributed by atoms with Gasteiger partial charge in [-0.05, 0) is 12.1 Å². The third-order valence-electron chi connectivity index (χ3n) is 4.18. The highest BCUT2D eigenvalue weighted by atomic mass is 16.7. The molecular weight excluding hydrogens is 328 g/mol. The van der Waals surface area contributed by atoms with Crippen LogP contribution >= 0.6 is 0 Å². The number of nitrogens with zero attached hydrogens (tertiary/aromatic N) is 3. The highest BCUT2D eigenvalue weighted by Gasteiger charge is 2.42. The van der Waals surface area contributed by atoms with Crippen molar-refractivity contribution in [3.63, 3.8) is 0 Å². The van der Waals surface area contributed by atoms with Gasteiger partial charge in [0.15, 0.2) is 5.82 Å². The Hall–Kier alpha value is -3.49. The Morgan fingerprint density at radius 3 is 2.48 bits per heavy atom. The van der Waals surface area contributed by atoms with E-state index in [1.165, 1.54) is 18.5 Å². The van der Waals surface area contributed by atoms with E-state index in [2.05, 4.69) is 10.3 Å². The summed E-state index contributed by atoms with van der Waals surface area (Å²) in [6, 6.07) is 6.19. The topological polar surface area (TPSA) is 111 Å². The molecule has 1 aromatic carbocycles. The molecular formula is C16H12N4O5. The molecule has 0 radical (unpaired) electrons. The Kier molecular flexibility index (Phi) is 3.17. The quantitative estimate of drug-likeness (QED) is 0.802. The Morgan fingerprint density at radius 2 is 1.84 bits per heavy atom. The van der Waals surface area contributed by atoms with Gasteiger partial charge < -0.3 is 14.7 Å². The largest absolute Gasteiger partial charge is 0.342 e. The molecule has 0 fully saturated rings. The molecule has 1 N–H and O–H groups in total. The molecule has 9 heteroatoms.